The minimum atomic E-state index is -0.727. The molecule has 3 amide bonds. The lowest BCUT2D eigenvalue weighted by molar-refractivity contribution is -0.141. The first-order chi connectivity index (χ1) is 16.9. The number of nitrogens with one attached hydrogen (secondary N) is 1. The van der Waals surface area contributed by atoms with E-state index < -0.39 is 12.1 Å². The molecule has 2 aromatic heterocycles. The van der Waals surface area contributed by atoms with Crippen LogP contribution in [0.5, 0.6) is 0 Å². The third-order valence-corrected chi connectivity index (χ3v) is 6.45. The Bertz CT molecular complexity index is 1170. The van der Waals surface area contributed by atoms with Gasteiger partial charge in [-0.1, -0.05) is 30.3 Å². The normalized spacial score (nSPS) is 15.6. The van der Waals surface area contributed by atoms with E-state index in [0.717, 1.165) is 16.5 Å². The van der Waals surface area contributed by atoms with Crippen molar-refractivity contribution in [1.82, 2.24) is 24.7 Å². The average Bonchev–Trinajstić information content (AvgIpc) is 3.30. The van der Waals surface area contributed by atoms with Gasteiger partial charge in [0.05, 0.1) is 17.8 Å². The maximum Gasteiger partial charge on any atom is 0.244 e. The number of carbonyl (C=O) groups is 3. The molecular weight excluding hydrogens is 444 g/mol. The summed E-state index contributed by atoms with van der Waals surface area (Å²) in [5.74, 6) is -0.448. The average molecular weight is 477 g/mol. The van der Waals surface area contributed by atoms with Crippen LogP contribution in [0.3, 0.4) is 0 Å². The Kier molecular flexibility index (Phi) is 7.77. The van der Waals surface area contributed by atoms with E-state index in [1.54, 1.807) is 29.1 Å². The van der Waals surface area contributed by atoms with Gasteiger partial charge in [0.25, 0.3) is 0 Å². The lowest BCUT2D eigenvalue weighted by Crippen LogP contribution is -2.56. The smallest absolute Gasteiger partial charge is 0.244 e. The van der Waals surface area contributed by atoms with Crippen LogP contribution in [0.2, 0.25) is 0 Å². The molecule has 1 aliphatic rings. The molecule has 35 heavy (non-hydrogen) atoms. The summed E-state index contributed by atoms with van der Waals surface area (Å²) in [7, 11) is 0. The third-order valence-electron chi connectivity index (χ3n) is 6.45. The zero-order valence-corrected chi connectivity index (χ0v) is 20.0. The van der Waals surface area contributed by atoms with Gasteiger partial charge in [-0.2, -0.15) is 0 Å². The number of aryl methyl sites for hydroxylation is 1. The van der Waals surface area contributed by atoms with Gasteiger partial charge in [0.2, 0.25) is 17.7 Å². The molecule has 0 saturated carbocycles. The fourth-order valence-corrected chi connectivity index (χ4v) is 4.39. The van der Waals surface area contributed by atoms with E-state index in [-0.39, 0.29) is 17.7 Å². The molecule has 184 valence electrons. The number of hydrogen-bond donors (Lipinski definition) is 2. The monoisotopic (exact) mass is 476 g/mol. The van der Waals surface area contributed by atoms with Gasteiger partial charge >= 0.3 is 0 Å². The van der Waals surface area contributed by atoms with E-state index in [1.165, 1.54) is 0 Å². The van der Waals surface area contributed by atoms with Crippen LogP contribution in [0.4, 0.5) is 0 Å². The Morgan fingerprint density at radius 3 is 2.49 bits per heavy atom. The van der Waals surface area contributed by atoms with Crippen molar-refractivity contribution in [2.75, 3.05) is 26.2 Å². The van der Waals surface area contributed by atoms with Crippen molar-refractivity contribution < 1.29 is 14.4 Å². The van der Waals surface area contributed by atoms with Crippen molar-refractivity contribution in [2.24, 2.45) is 5.73 Å². The quantitative estimate of drug-likeness (QED) is 0.507. The zero-order chi connectivity index (χ0) is 24.8. The summed E-state index contributed by atoms with van der Waals surface area (Å²) in [5, 5.41) is 3.84. The summed E-state index contributed by atoms with van der Waals surface area (Å²) < 4.78 is 2.03. The molecule has 3 heterocycles. The van der Waals surface area contributed by atoms with Gasteiger partial charge in [-0.25, -0.2) is 0 Å². The molecule has 2 atom stereocenters. The standard InChI is InChI=1S/C26H32N6O3/c1-19(29-25(34)22(27)17-20-5-3-2-4-6-20)26(35)32-15-13-31(14-16-32)24(33)9-12-30-11-8-21-7-10-28-18-23(21)30/h2-8,10-11,18-19,22H,9,12-17,27H2,1H3,(H,29,34)/t19-,22-/m0/s1. The van der Waals surface area contributed by atoms with Crippen molar-refractivity contribution in [3.8, 4) is 0 Å². The second-order valence-corrected chi connectivity index (χ2v) is 8.93. The third kappa shape index (κ3) is 6.05. The first-order valence-corrected chi connectivity index (χ1v) is 12.0. The summed E-state index contributed by atoms with van der Waals surface area (Å²) in [5.41, 5.74) is 8.01. The topological polar surface area (TPSA) is 114 Å². The number of pyridine rings is 1. The van der Waals surface area contributed by atoms with Crippen LogP contribution in [-0.4, -0.2) is 75.3 Å². The van der Waals surface area contributed by atoms with Crippen LogP contribution >= 0.6 is 0 Å². The number of carbonyl (C=O) groups excluding carboxylic acids is 3. The minimum absolute atomic E-state index is 0.0658. The fourth-order valence-electron chi connectivity index (χ4n) is 4.39. The summed E-state index contributed by atoms with van der Waals surface area (Å²) in [6, 6.07) is 12.1. The molecule has 0 spiro atoms. The van der Waals surface area contributed by atoms with Crippen LogP contribution in [0.25, 0.3) is 10.9 Å². The highest BCUT2D eigenvalue weighted by Gasteiger charge is 2.28. The Balaban J connectivity index is 1.21. The largest absolute Gasteiger partial charge is 0.346 e. The van der Waals surface area contributed by atoms with E-state index >= 15 is 0 Å². The molecule has 0 unspecified atom stereocenters. The maximum absolute atomic E-state index is 12.9. The number of amides is 3. The number of hydrogen-bond acceptors (Lipinski definition) is 5. The Hall–Kier alpha value is -3.72. The van der Waals surface area contributed by atoms with Crippen LogP contribution in [0, 0.1) is 0 Å². The van der Waals surface area contributed by atoms with Crippen molar-refractivity contribution in [1.29, 1.82) is 0 Å². The van der Waals surface area contributed by atoms with Gasteiger partial charge < -0.3 is 25.4 Å². The molecule has 9 heteroatoms. The van der Waals surface area contributed by atoms with Crippen LogP contribution in [0.15, 0.2) is 61.1 Å². The Morgan fingerprint density at radius 1 is 1.03 bits per heavy atom. The molecule has 1 saturated heterocycles. The molecule has 1 aliphatic heterocycles. The molecule has 4 rings (SSSR count). The van der Waals surface area contributed by atoms with Gasteiger partial charge in [0, 0.05) is 56.9 Å². The summed E-state index contributed by atoms with van der Waals surface area (Å²) in [6.45, 7) is 4.09. The summed E-state index contributed by atoms with van der Waals surface area (Å²) in [4.78, 5) is 45.7. The number of benzene rings is 1. The van der Waals surface area contributed by atoms with E-state index in [1.807, 2.05) is 53.2 Å². The molecule has 1 fully saturated rings. The SMILES string of the molecule is C[C@H](NC(=O)[C@@H](N)Cc1ccccc1)C(=O)N1CCN(C(=O)CCn2ccc3ccncc32)CC1. The maximum atomic E-state index is 12.9. The van der Waals surface area contributed by atoms with Gasteiger partial charge in [0.15, 0.2) is 0 Å². The Morgan fingerprint density at radius 2 is 1.74 bits per heavy atom. The number of nitrogens with zero attached hydrogens (tertiary/aromatic N) is 4. The Labute approximate surface area is 204 Å². The molecule has 3 aromatic rings. The predicted octanol–water partition coefficient (Wildman–Crippen LogP) is 1.17. The number of rotatable bonds is 8. The summed E-state index contributed by atoms with van der Waals surface area (Å²) >= 11 is 0. The number of aromatic nitrogens is 2. The number of piperazine rings is 1. The highest BCUT2D eigenvalue weighted by atomic mass is 16.2. The van der Waals surface area contributed by atoms with Crippen molar-refractivity contribution in [2.45, 2.75) is 38.4 Å². The van der Waals surface area contributed by atoms with Crippen molar-refractivity contribution in [3.63, 3.8) is 0 Å². The summed E-state index contributed by atoms with van der Waals surface area (Å²) in [6.07, 6.45) is 6.32. The van der Waals surface area contributed by atoms with Crippen LogP contribution in [-0.2, 0) is 27.3 Å². The van der Waals surface area contributed by atoms with E-state index in [4.69, 9.17) is 5.73 Å². The van der Waals surface area contributed by atoms with Gasteiger partial charge in [-0.05, 0) is 31.0 Å². The lowest BCUT2D eigenvalue weighted by atomic mass is 10.1. The van der Waals surface area contributed by atoms with E-state index in [9.17, 15) is 14.4 Å². The van der Waals surface area contributed by atoms with Gasteiger partial charge in [0.1, 0.15) is 6.04 Å². The van der Waals surface area contributed by atoms with Gasteiger partial charge in [-0.15, -0.1) is 0 Å². The molecule has 0 bridgehead atoms. The predicted molar refractivity (Wildman–Crippen MR) is 133 cm³/mol. The van der Waals surface area contributed by atoms with E-state index in [0.29, 0.717) is 45.6 Å². The molecule has 9 nitrogen and oxygen atoms in total. The molecule has 3 N–H and O–H groups in total. The first kappa shape index (κ1) is 24.4. The van der Waals surface area contributed by atoms with E-state index in [2.05, 4.69) is 10.3 Å². The highest BCUT2D eigenvalue weighted by molar-refractivity contribution is 5.89. The van der Waals surface area contributed by atoms with Crippen LogP contribution < -0.4 is 11.1 Å². The number of fused-ring (bicyclic) bond motifs is 1. The van der Waals surface area contributed by atoms with Crippen LogP contribution in [0.1, 0.15) is 18.9 Å². The molecule has 1 aromatic carbocycles. The molecule has 0 radical (unpaired) electrons. The van der Waals surface area contributed by atoms with Crippen molar-refractivity contribution in [3.05, 3.63) is 66.6 Å². The minimum Gasteiger partial charge on any atom is -0.346 e. The fraction of sp³-hybridized carbons (Fsp3) is 0.385. The second-order valence-electron chi connectivity index (χ2n) is 8.93. The van der Waals surface area contributed by atoms with Gasteiger partial charge in [-0.3, -0.25) is 19.4 Å². The zero-order valence-electron chi connectivity index (χ0n) is 20.0. The van der Waals surface area contributed by atoms with Crippen molar-refractivity contribution >= 4 is 28.6 Å². The highest BCUT2D eigenvalue weighted by Crippen LogP contribution is 2.15. The first-order valence-electron chi connectivity index (χ1n) is 12.0. The molecule has 0 aliphatic carbocycles. The number of nitrogens with two attached hydrogens (primary N) is 1. The molecular formula is C26H32N6O3. The lowest BCUT2D eigenvalue weighted by Gasteiger charge is -2.36. The second kappa shape index (κ2) is 11.1.